The molecule has 1 aliphatic rings. The van der Waals surface area contributed by atoms with Gasteiger partial charge in [-0.25, -0.2) is 4.39 Å². The number of amides is 1. The molecule has 1 N–H and O–H groups in total. The van der Waals surface area contributed by atoms with Gasteiger partial charge in [0.25, 0.3) is 5.91 Å². The standard InChI is InChI=1S/C7H11FN2O2S/c1-12-4-5-6(11)10(3-2-8)7(13)9-5/h5H,2-4H2,1H3,(H,9,13). The molecule has 0 aromatic rings. The molecule has 4 nitrogen and oxygen atoms in total. The molecule has 13 heavy (non-hydrogen) atoms. The summed E-state index contributed by atoms with van der Waals surface area (Å²) in [6.45, 7) is -0.320. The normalized spacial score (nSPS) is 22.3. The van der Waals surface area contributed by atoms with Gasteiger partial charge in [-0.1, -0.05) is 0 Å². The molecule has 1 aliphatic heterocycles. The highest BCUT2D eigenvalue weighted by Gasteiger charge is 2.34. The molecule has 0 radical (unpaired) electrons. The van der Waals surface area contributed by atoms with Gasteiger partial charge >= 0.3 is 0 Å². The van der Waals surface area contributed by atoms with Crippen molar-refractivity contribution in [1.29, 1.82) is 0 Å². The number of alkyl halides is 1. The maximum atomic E-state index is 12.0. The van der Waals surface area contributed by atoms with E-state index in [-0.39, 0.29) is 24.2 Å². The fourth-order valence-electron chi connectivity index (χ4n) is 1.15. The largest absolute Gasteiger partial charge is 0.382 e. The van der Waals surface area contributed by atoms with Crippen LogP contribution in [0, 0.1) is 0 Å². The van der Waals surface area contributed by atoms with Crippen molar-refractivity contribution in [2.45, 2.75) is 6.04 Å². The first-order chi connectivity index (χ1) is 6.20. The third-order valence-electron chi connectivity index (χ3n) is 1.75. The van der Waals surface area contributed by atoms with E-state index in [2.05, 4.69) is 5.32 Å². The van der Waals surface area contributed by atoms with E-state index in [1.165, 1.54) is 12.0 Å². The zero-order chi connectivity index (χ0) is 9.84. The van der Waals surface area contributed by atoms with E-state index in [1.54, 1.807) is 0 Å². The average molecular weight is 206 g/mol. The molecule has 0 aromatic heterocycles. The van der Waals surface area contributed by atoms with Crippen molar-refractivity contribution < 1.29 is 13.9 Å². The molecule has 0 aliphatic carbocycles. The monoisotopic (exact) mass is 206 g/mol. The third-order valence-corrected chi connectivity index (χ3v) is 2.09. The summed E-state index contributed by atoms with van der Waals surface area (Å²) in [5.41, 5.74) is 0. The maximum Gasteiger partial charge on any atom is 0.253 e. The smallest absolute Gasteiger partial charge is 0.253 e. The van der Waals surface area contributed by atoms with Crippen LogP contribution in [-0.4, -0.2) is 48.9 Å². The minimum absolute atomic E-state index is 0.0187. The Morgan fingerprint density at radius 1 is 1.77 bits per heavy atom. The Morgan fingerprint density at radius 2 is 2.46 bits per heavy atom. The van der Waals surface area contributed by atoms with Gasteiger partial charge in [-0.3, -0.25) is 9.69 Å². The number of carbonyl (C=O) groups is 1. The van der Waals surface area contributed by atoms with Crippen molar-refractivity contribution >= 4 is 23.2 Å². The number of hydrogen-bond acceptors (Lipinski definition) is 3. The van der Waals surface area contributed by atoms with Gasteiger partial charge in [0, 0.05) is 7.11 Å². The second-order valence-electron chi connectivity index (χ2n) is 2.64. The molecule has 0 saturated carbocycles. The van der Waals surface area contributed by atoms with Crippen molar-refractivity contribution in [3.8, 4) is 0 Å². The summed E-state index contributed by atoms with van der Waals surface area (Å²) in [5, 5.41) is 3.04. The summed E-state index contributed by atoms with van der Waals surface area (Å²) in [6, 6.07) is -0.455. The van der Waals surface area contributed by atoms with E-state index < -0.39 is 12.7 Å². The molecule has 1 atom stereocenters. The van der Waals surface area contributed by atoms with Crippen LogP contribution in [-0.2, 0) is 9.53 Å². The number of thiocarbonyl (C=S) groups is 1. The van der Waals surface area contributed by atoms with E-state index in [0.717, 1.165) is 0 Å². The molecular formula is C7H11FN2O2S. The van der Waals surface area contributed by atoms with E-state index >= 15 is 0 Å². The lowest BCUT2D eigenvalue weighted by atomic mass is 10.3. The second-order valence-corrected chi connectivity index (χ2v) is 3.02. The zero-order valence-corrected chi connectivity index (χ0v) is 8.07. The van der Waals surface area contributed by atoms with Crippen LogP contribution < -0.4 is 5.32 Å². The second kappa shape index (κ2) is 4.48. The number of nitrogens with one attached hydrogen (secondary N) is 1. The van der Waals surface area contributed by atoms with Crippen LogP contribution in [0.3, 0.4) is 0 Å². The molecule has 0 aromatic carbocycles. The van der Waals surface area contributed by atoms with Crippen molar-refractivity contribution in [3.05, 3.63) is 0 Å². The number of rotatable bonds is 4. The number of hydrogen-bond donors (Lipinski definition) is 1. The summed E-state index contributed by atoms with van der Waals surface area (Å²) < 4.78 is 16.8. The SMILES string of the molecule is COCC1NC(=S)N(CCF)C1=O. The Morgan fingerprint density at radius 3 is 3.00 bits per heavy atom. The van der Waals surface area contributed by atoms with Crippen LogP contribution in [0.4, 0.5) is 4.39 Å². The summed E-state index contributed by atoms with van der Waals surface area (Å²) in [5.74, 6) is -0.218. The van der Waals surface area contributed by atoms with Gasteiger partial charge in [-0.2, -0.15) is 0 Å². The predicted molar refractivity (Wildman–Crippen MR) is 49.1 cm³/mol. The summed E-state index contributed by atoms with van der Waals surface area (Å²) in [4.78, 5) is 12.6. The Kier molecular flexibility index (Phi) is 3.56. The lowest BCUT2D eigenvalue weighted by Gasteiger charge is -2.11. The van der Waals surface area contributed by atoms with Crippen molar-refractivity contribution in [1.82, 2.24) is 10.2 Å². The number of halogens is 1. The summed E-state index contributed by atoms with van der Waals surface area (Å²) >= 11 is 4.85. The minimum atomic E-state index is -0.590. The fourth-order valence-corrected chi connectivity index (χ4v) is 1.48. The van der Waals surface area contributed by atoms with Crippen molar-refractivity contribution in [3.63, 3.8) is 0 Å². The first-order valence-corrected chi connectivity index (χ1v) is 4.28. The number of methoxy groups -OCH3 is 1. The molecule has 1 heterocycles. The van der Waals surface area contributed by atoms with Crippen LogP contribution in [0.2, 0.25) is 0 Å². The Balaban J connectivity index is 2.58. The quantitative estimate of drug-likeness (QED) is 0.641. The van der Waals surface area contributed by atoms with Crippen LogP contribution in [0.5, 0.6) is 0 Å². The van der Waals surface area contributed by atoms with Gasteiger partial charge in [0.15, 0.2) is 5.11 Å². The predicted octanol–water partition coefficient (Wildman–Crippen LogP) is -0.312. The van der Waals surface area contributed by atoms with Gasteiger partial charge in [0.2, 0.25) is 0 Å². The van der Waals surface area contributed by atoms with E-state index in [0.29, 0.717) is 0 Å². The minimum Gasteiger partial charge on any atom is -0.382 e. The van der Waals surface area contributed by atoms with Gasteiger partial charge in [-0.15, -0.1) is 0 Å². The van der Waals surface area contributed by atoms with Crippen LogP contribution in [0.1, 0.15) is 0 Å². The summed E-state index contributed by atoms with van der Waals surface area (Å²) in [6.07, 6.45) is 0. The Hall–Kier alpha value is -0.750. The number of nitrogens with zero attached hydrogens (tertiary/aromatic N) is 1. The van der Waals surface area contributed by atoms with Crippen LogP contribution in [0.15, 0.2) is 0 Å². The molecule has 1 fully saturated rings. The molecule has 6 heteroatoms. The van der Waals surface area contributed by atoms with Crippen LogP contribution in [0.25, 0.3) is 0 Å². The lowest BCUT2D eigenvalue weighted by molar-refractivity contribution is -0.128. The third kappa shape index (κ3) is 2.13. The zero-order valence-electron chi connectivity index (χ0n) is 7.25. The highest BCUT2D eigenvalue weighted by molar-refractivity contribution is 7.80. The first kappa shape index (κ1) is 10.3. The Labute approximate surface area is 81.0 Å². The van der Waals surface area contributed by atoms with E-state index in [4.69, 9.17) is 17.0 Å². The van der Waals surface area contributed by atoms with Gasteiger partial charge in [0.05, 0.1) is 13.2 Å². The molecule has 1 rings (SSSR count). The first-order valence-electron chi connectivity index (χ1n) is 3.87. The molecular weight excluding hydrogens is 195 g/mol. The highest BCUT2D eigenvalue weighted by Crippen LogP contribution is 2.06. The van der Waals surface area contributed by atoms with Gasteiger partial charge in [0.1, 0.15) is 12.7 Å². The molecule has 1 amide bonds. The van der Waals surface area contributed by atoms with Crippen LogP contribution >= 0.6 is 12.2 Å². The molecule has 1 unspecified atom stereocenters. The van der Waals surface area contributed by atoms with Crippen molar-refractivity contribution in [2.24, 2.45) is 0 Å². The topological polar surface area (TPSA) is 41.6 Å². The Bertz CT molecular complexity index is 225. The van der Waals surface area contributed by atoms with E-state index in [1.807, 2.05) is 0 Å². The number of ether oxygens (including phenoxy) is 1. The molecule has 74 valence electrons. The fraction of sp³-hybridized carbons (Fsp3) is 0.714. The van der Waals surface area contributed by atoms with E-state index in [9.17, 15) is 9.18 Å². The highest BCUT2D eigenvalue weighted by atomic mass is 32.1. The molecule has 0 bridgehead atoms. The molecule has 1 saturated heterocycles. The van der Waals surface area contributed by atoms with Gasteiger partial charge < -0.3 is 10.1 Å². The van der Waals surface area contributed by atoms with Gasteiger partial charge in [-0.05, 0) is 12.2 Å². The van der Waals surface area contributed by atoms with Crippen molar-refractivity contribution in [2.75, 3.05) is 26.9 Å². The summed E-state index contributed by atoms with van der Waals surface area (Å²) in [7, 11) is 1.50. The molecule has 0 spiro atoms. The lowest BCUT2D eigenvalue weighted by Crippen LogP contribution is -2.34. The maximum absolute atomic E-state index is 12.0. The average Bonchev–Trinajstić information content (AvgIpc) is 2.34. The number of carbonyl (C=O) groups excluding carboxylic acids is 1.